The third-order valence-electron chi connectivity index (χ3n) is 5.06. The number of para-hydroxylation sites is 2. The van der Waals surface area contributed by atoms with Gasteiger partial charge in [0.05, 0.1) is 11.4 Å². The Labute approximate surface area is 171 Å². The maximum absolute atomic E-state index is 3.50. The molecule has 0 aliphatic heterocycles. The molecule has 0 amide bonds. The van der Waals surface area contributed by atoms with Crippen LogP contribution in [0.4, 0.5) is 0 Å². The van der Waals surface area contributed by atoms with Crippen molar-refractivity contribution >= 4 is 0 Å². The van der Waals surface area contributed by atoms with Gasteiger partial charge >= 0.3 is 0 Å². The van der Waals surface area contributed by atoms with Crippen molar-refractivity contribution in [2.45, 2.75) is 0 Å². The van der Waals surface area contributed by atoms with Crippen molar-refractivity contribution in [1.29, 1.82) is 0 Å². The van der Waals surface area contributed by atoms with Gasteiger partial charge in [-0.15, -0.1) is 0 Å². The Hall–Kier alpha value is -3.91. The Morgan fingerprint density at radius 2 is 1.07 bits per heavy atom. The molecule has 0 N–H and O–H groups in total. The second kappa shape index (κ2) is 7.61. The summed E-state index contributed by atoms with van der Waals surface area (Å²) in [6, 6.07) is 37.8. The average molecular weight is 372 g/mol. The lowest BCUT2D eigenvalue weighted by atomic mass is 9.96. The van der Waals surface area contributed by atoms with Crippen molar-refractivity contribution in [2.75, 3.05) is 0 Å². The summed E-state index contributed by atoms with van der Waals surface area (Å²) in [5, 5.41) is 0. The monoisotopic (exact) mass is 372 g/mol. The number of rotatable bonds is 4. The van der Waals surface area contributed by atoms with Crippen molar-refractivity contribution in [3.63, 3.8) is 0 Å². The van der Waals surface area contributed by atoms with E-state index >= 15 is 0 Å². The van der Waals surface area contributed by atoms with Crippen molar-refractivity contribution in [3.8, 4) is 33.6 Å². The fourth-order valence-electron chi connectivity index (χ4n) is 3.68. The molecular formula is C27H20N2. The highest BCUT2D eigenvalue weighted by molar-refractivity contribution is 5.85. The highest BCUT2D eigenvalue weighted by atomic mass is 15.1. The Bertz CT molecular complexity index is 1170. The van der Waals surface area contributed by atoms with Crippen LogP contribution in [0.25, 0.3) is 33.6 Å². The molecule has 1 aromatic heterocycles. The minimum absolute atomic E-state index is 1.09. The van der Waals surface area contributed by atoms with Crippen LogP contribution < -0.4 is 4.57 Å². The summed E-state index contributed by atoms with van der Waals surface area (Å²) < 4.78 is 4.12. The zero-order valence-electron chi connectivity index (χ0n) is 15.9. The van der Waals surface area contributed by atoms with Gasteiger partial charge in [-0.2, -0.15) is 0 Å². The Morgan fingerprint density at radius 3 is 1.62 bits per heavy atom. The molecule has 4 aromatic carbocycles. The molecule has 0 unspecified atom stereocenters. The molecule has 1 heterocycles. The normalized spacial score (nSPS) is 10.8. The number of nitrogens with zero attached hydrogens (tertiary/aromatic N) is 2. The summed E-state index contributed by atoms with van der Waals surface area (Å²) in [4.78, 5) is 0. The fraction of sp³-hybridized carbons (Fsp3) is 0. The van der Waals surface area contributed by atoms with Crippen LogP contribution in [0.15, 0.2) is 122 Å². The molecule has 29 heavy (non-hydrogen) atoms. The molecule has 0 spiro atoms. The van der Waals surface area contributed by atoms with Crippen LogP contribution in [0.5, 0.6) is 0 Å². The van der Waals surface area contributed by atoms with E-state index in [2.05, 4.69) is 108 Å². The minimum atomic E-state index is 1.09. The molecule has 0 fully saturated rings. The van der Waals surface area contributed by atoms with Crippen molar-refractivity contribution in [3.05, 3.63) is 128 Å². The van der Waals surface area contributed by atoms with Gasteiger partial charge in [0, 0.05) is 12.4 Å². The predicted octanol–water partition coefficient (Wildman–Crippen LogP) is 5.89. The summed E-state index contributed by atoms with van der Waals surface area (Å²) in [7, 11) is 0. The number of aromatic nitrogens is 2. The second-order valence-corrected chi connectivity index (χ2v) is 6.91. The molecule has 0 atom stereocenters. The number of imidazole rings is 1. The summed E-state index contributed by atoms with van der Waals surface area (Å²) >= 11 is 0. The number of benzene rings is 4. The smallest absolute Gasteiger partial charge is 0.268 e. The molecule has 2 heteroatoms. The molecule has 2 nitrogen and oxygen atoms in total. The van der Waals surface area contributed by atoms with Gasteiger partial charge in [-0.3, -0.25) is 9.13 Å². The first-order valence-electron chi connectivity index (χ1n) is 9.72. The predicted molar refractivity (Wildman–Crippen MR) is 117 cm³/mol. The molecule has 138 valence electrons. The summed E-state index contributed by atoms with van der Waals surface area (Å²) in [6.45, 7) is 0. The minimum Gasteiger partial charge on any atom is -0.299 e. The lowest BCUT2D eigenvalue weighted by Crippen LogP contribution is -2.27. The van der Waals surface area contributed by atoms with E-state index in [1.807, 2.05) is 29.0 Å². The van der Waals surface area contributed by atoms with E-state index in [1.54, 1.807) is 0 Å². The van der Waals surface area contributed by atoms with Crippen LogP contribution in [0, 0.1) is 6.33 Å². The van der Waals surface area contributed by atoms with Gasteiger partial charge in [0.1, 0.15) is 0 Å². The lowest BCUT2D eigenvalue weighted by Gasteiger charge is -2.16. The first-order valence-corrected chi connectivity index (χ1v) is 9.72. The van der Waals surface area contributed by atoms with E-state index < -0.39 is 0 Å². The summed E-state index contributed by atoms with van der Waals surface area (Å²) in [5.74, 6) is 0. The van der Waals surface area contributed by atoms with Crippen molar-refractivity contribution < 1.29 is 4.57 Å². The van der Waals surface area contributed by atoms with Gasteiger partial charge < -0.3 is 0 Å². The van der Waals surface area contributed by atoms with Gasteiger partial charge in [-0.25, -0.2) is 0 Å². The summed E-state index contributed by atoms with van der Waals surface area (Å²) in [5.41, 5.74) is 6.95. The van der Waals surface area contributed by atoms with E-state index in [1.165, 1.54) is 22.3 Å². The maximum atomic E-state index is 3.50. The SMILES string of the molecule is [c-]1n(-c2c(-c3ccccc3)cccc2-c2ccccc2)cc[n+]1-c1ccccc1. The zero-order chi connectivity index (χ0) is 19.5. The highest BCUT2D eigenvalue weighted by Gasteiger charge is 2.15. The van der Waals surface area contributed by atoms with Gasteiger partial charge in [0.15, 0.2) is 0 Å². The van der Waals surface area contributed by atoms with Crippen molar-refractivity contribution in [2.24, 2.45) is 0 Å². The zero-order valence-corrected chi connectivity index (χ0v) is 15.9. The molecule has 0 radical (unpaired) electrons. The van der Waals surface area contributed by atoms with E-state index in [9.17, 15) is 0 Å². The molecule has 0 saturated carbocycles. The molecule has 0 aliphatic rings. The maximum Gasteiger partial charge on any atom is 0.268 e. The molecule has 5 rings (SSSR count). The van der Waals surface area contributed by atoms with Crippen LogP contribution in [-0.4, -0.2) is 4.57 Å². The first-order chi connectivity index (χ1) is 14.4. The van der Waals surface area contributed by atoms with E-state index in [4.69, 9.17) is 0 Å². The first kappa shape index (κ1) is 17.2. The van der Waals surface area contributed by atoms with Crippen LogP contribution in [0.3, 0.4) is 0 Å². The van der Waals surface area contributed by atoms with Gasteiger partial charge in [0.2, 0.25) is 0 Å². The number of hydrogen-bond donors (Lipinski definition) is 0. The molecule has 0 bridgehead atoms. The topological polar surface area (TPSA) is 8.81 Å². The van der Waals surface area contributed by atoms with Gasteiger partial charge in [-0.1, -0.05) is 97.1 Å². The third kappa shape index (κ3) is 3.37. The molecule has 0 saturated heterocycles. The van der Waals surface area contributed by atoms with E-state index in [-0.39, 0.29) is 0 Å². The highest BCUT2D eigenvalue weighted by Crippen LogP contribution is 2.35. The quantitative estimate of drug-likeness (QED) is 0.275. The lowest BCUT2D eigenvalue weighted by molar-refractivity contribution is -0.599. The largest absolute Gasteiger partial charge is 0.299 e. The molecule has 0 aliphatic carbocycles. The van der Waals surface area contributed by atoms with E-state index in [0.717, 1.165) is 11.4 Å². The van der Waals surface area contributed by atoms with Crippen LogP contribution >= 0.6 is 0 Å². The molecule has 5 aromatic rings. The van der Waals surface area contributed by atoms with Crippen LogP contribution in [0.2, 0.25) is 0 Å². The average Bonchev–Trinajstić information content (AvgIpc) is 3.30. The molecular weight excluding hydrogens is 352 g/mol. The van der Waals surface area contributed by atoms with Crippen LogP contribution in [-0.2, 0) is 0 Å². The van der Waals surface area contributed by atoms with Crippen molar-refractivity contribution in [1.82, 2.24) is 4.57 Å². The number of hydrogen-bond acceptors (Lipinski definition) is 0. The Morgan fingerprint density at radius 1 is 0.552 bits per heavy atom. The van der Waals surface area contributed by atoms with Gasteiger partial charge in [0.25, 0.3) is 6.33 Å². The standard InChI is InChI=1S/C27H20N2/c1-4-11-22(12-5-1)25-17-10-18-26(23-13-6-2-7-14-23)27(25)29-20-19-28(21-29)24-15-8-3-9-16-24/h1-20H. The van der Waals surface area contributed by atoms with E-state index in [0.29, 0.717) is 0 Å². The fourth-order valence-corrected chi connectivity index (χ4v) is 3.68. The second-order valence-electron chi connectivity index (χ2n) is 6.91. The Kier molecular flexibility index (Phi) is 4.51. The van der Waals surface area contributed by atoms with Gasteiger partial charge in [-0.05, 0) is 34.4 Å². The van der Waals surface area contributed by atoms with Crippen LogP contribution in [0.1, 0.15) is 0 Å². The summed E-state index contributed by atoms with van der Waals surface area (Å²) in [6.07, 6.45) is 7.62. The third-order valence-corrected chi connectivity index (χ3v) is 5.06. The Balaban J connectivity index is 1.73.